The number of carbonyl (C=O) groups is 1. The van der Waals surface area contributed by atoms with Gasteiger partial charge in [-0.25, -0.2) is 4.98 Å². The van der Waals surface area contributed by atoms with Crippen LogP contribution in [0.25, 0.3) is 16.9 Å². The molecule has 3 aromatic rings. The first-order chi connectivity index (χ1) is 12.1. The zero-order chi connectivity index (χ0) is 17.6. The van der Waals surface area contributed by atoms with Gasteiger partial charge in [0.1, 0.15) is 0 Å². The Hall–Kier alpha value is -2.53. The molecule has 0 aliphatic rings. The summed E-state index contributed by atoms with van der Waals surface area (Å²) in [7, 11) is 0. The predicted molar refractivity (Wildman–Crippen MR) is 103 cm³/mol. The molecule has 1 aromatic heterocycles. The Labute approximate surface area is 152 Å². The summed E-state index contributed by atoms with van der Waals surface area (Å²) in [4.78, 5) is 16.7. The molecular formula is C20H21N3OS. The lowest BCUT2D eigenvalue weighted by molar-refractivity contribution is -0.119. The van der Waals surface area contributed by atoms with E-state index in [1.807, 2.05) is 85.3 Å². The highest BCUT2D eigenvalue weighted by Crippen LogP contribution is 2.27. The fourth-order valence-electron chi connectivity index (χ4n) is 2.48. The number of rotatable bonds is 6. The van der Waals surface area contributed by atoms with E-state index >= 15 is 0 Å². The van der Waals surface area contributed by atoms with Crippen molar-refractivity contribution >= 4 is 17.7 Å². The molecule has 1 N–H and O–H groups in total. The molecule has 3 rings (SSSR count). The number of carbonyl (C=O) groups excluding carboxylic acids is 1. The maximum Gasteiger partial charge on any atom is 0.230 e. The molecule has 1 amide bonds. The van der Waals surface area contributed by atoms with Crippen LogP contribution in [0.3, 0.4) is 0 Å². The first-order valence-corrected chi connectivity index (χ1v) is 9.24. The molecular weight excluding hydrogens is 330 g/mol. The Kier molecular flexibility index (Phi) is 5.56. The highest BCUT2D eigenvalue weighted by Gasteiger charge is 2.13. The van der Waals surface area contributed by atoms with Crippen LogP contribution < -0.4 is 5.32 Å². The molecule has 5 heteroatoms. The summed E-state index contributed by atoms with van der Waals surface area (Å²) in [6, 6.07) is 20.3. The summed E-state index contributed by atoms with van der Waals surface area (Å²) < 4.78 is 2.04. The summed E-state index contributed by atoms with van der Waals surface area (Å²) in [6.45, 7) is 3.92. The van der Waals surface area contributed by atoms with E-state index in [4.69, 9.17) is 4.98 Å². The number of benzene rings is 2. The third-order valence-corrected chi connectivity index (χ3v) is 4.51. The normalized spacial score (nSPS) is 10.8. The lowest BCUT2D eigenvalue weighted by atomic mass is 10.2. The molecule has 0 saturated heterocycles. The van der Waals surface area contributed by atoms with Gasteiger partial charge in [-0.1, -0.05) is 60.3 Å². The molecule has 4 nitrogen and oxygen atoms in total. The van der Waals surface area contributed by atoms with Crippen LogP contribution in [0.1, 0.15) is 13.8 Å². The first-order valence-electron chi connectivity index (χ1n) is 8.26. The number of nitrogens with one attached hydrogen (secondary N) is 1. The lowest BCUT2D eigenvalue weighted by Crippen LogP contribution is -2.31. The Morgan fingerprint density at radius 3 is 2.36 bits per heavy atom. The second kappa shape index (κ2) is 8.03. The molecule has 0 fully saturated rings. The van der Waals surface area contributed by atoms with Gasteiger partial charge in [0.15, 0.2) is 5.16 Å². The maximum absolute atomic E-state index is 12.0. The number of hydrogen-bond acceptors (Lipinski definition) is 3. The Bertz CT molecular complexity index is 829. The number of imidazole rings is 1. The quantitative estimate of drug-likeness (QED) is 0.679. The summed E-state index contributed by atoms with van der Waals surface area (Å²) in [5.74, 6) is 0.361. The summed E-state index contributed by atoms with van der Waals surface area (Å²) in [5, 5.41) is 3.72. The van der Waals surface area contributed by atoms with E-state index in [2.05, 4.69) is 5.32 Å². The van der Waals surface area contributed by atoms with Crippen LogP contribution in [-0.2, 0) is 4.79 Å². The van der Waals surface area contributed by atoms with E-state index in [9.17, 15) is 4.79 Å². The van der Waals surface area contributed by atoms with Crippen molar-refractivity contribution < 1.29 is 4.79 Å². The number of hydrogen-bond donors (Lipinski definition) is 1. The van der Waals surface area contributed by atoms with E-state index in [0.29, 0.717) is 5.75 Å². The second-order valence-electron chi connectivity index (χ2n) is 5.99. The molecule has 128 valence electrons. The number of amides is 1. The topological polar surface area (TPSA) is 46.9 Å². The van der Waals surface area contributed by atoms with Gasteiger partial charge in [-0.3, -0.25) is 9.36 Å². The molecule has 0 spiro atoms. The zero-order valence-electron chi connectivity index (χ0n) is 14.3. The minimum atomic E-state index is 0.0175. The smallest absolute Gasteiger partial charge is 0.230 e. The van der Waals surface area contributed by atoms with Gasteiger partial charge in [0.05, 0.1) is 11.4 Å². The van der Waals surface area contributed by atoms with Crippen LogP contribution >= 0.6 is 11.8 Å². The van der Waals surface area contributed by atoms with Crippen LogP contribution in [-0.4, -0.2) is 27.3 Å². The van der Waals surface area contributed by atoms with Crippen molar-refractivity contribution in [2.24, 2.45) is 0 Å². The molecule has 0 unspecified atom stereocenters. The van der Waals surface area contributed by atoms with Crippen molar-refractivity contribution in [3.05, 3.63) is 66.9 Å². The van der Waals surface area contributed by atoms with Gasteiger partial charge in [0.2, 0.25) is 5.91 Å². The molecule has 0 radical (unpaired) electrons. The van der Waals surface area contributed by atoms with Crippen LogP contribution in [0.15, 0.2) is 72.0 Å². The van der Waals surface area contributed by atoms with Gasteiger partial charge in [0.25, 0.3) is 0 Å². The fraction of sp³-hybridized carbons (Fsp3) is 0.200. The van der Waals surface area contributed by atoms with Crippen molar-refractivity contribution in [1.29, 1.82) is 0 Å². The largest absolute Gasteiger partial charge is 0.353 e. The monoisotopic (exact) mass is 351 g/mol. The van der Waals surface area contributed by atoms with Gasteiger partial charge in [0, 0.05) is 23.5 Å². The van der Waals surface area contributed by atoms with E-state index < -0.39 is 0 Å². The third-order valence-electron chi connectivity index (χ3n) is 3.56. The lowest BCUT2D eigenvalue weighted by Gasteiger charge is -2.09. The van der Waals surface area contributed by atoms with Crippen LogP contribution in [0.4, 0.5) is 0 Å². The summed E-state index contributed by atoms with van der Waals surface area (Å²) in [5.41, 5.74) is 2.99. The minimum Gasteiger partial charge on any atom is -0.353 e. The Morgan fingerprint density at radius 2 is 1.72 bits per heavy atom. The van der Waals surface area contributed by atoms with E-state index in [-0.39, 0.29) is 11.9 Å². The third kappa shape index (κ3) is 4.51. The van der Waals surface area contributed by atoms with Crippen LogP contribution in [0, 0.1) is 0 Å². The number of thioether (sulfide) groups is 1. The first kappa shape index (κ1) is 17.3. The SMILES string of the molecule is CC(C)NC(=O)CSc1nc(-c2ccccc2)cn1-c1ccccc1. The van der Waals surface area contributed by atoms with Crippen molar-refractivity contribution in [1.82, 2.24) is 14.9 Å². The van der Waals surface area contributed by atoms with Crippen molar-refractivity contribution in [3.8, 4) is 16.9 Å². The zero-order valence-corrected chi connectivity index (χ0v) is 15.2. The van der Waals surface area contributed by atoms with Gasteiger partial charge >= 0.3 is 0 Å². The van der Waals surface area contributed by atoms with Gasteiger partial charge in [-0.2, -0.15) is 0 Å². The van der Waals surface area contributed by atoms with Crippen molar-refractivity contribution in [2.45, 2.75) is 25.0 Å². The molecule has 0 atom stereocenters. The Balaban J connectivity index is 1.89. The maximum atomic E-state index is 12.0. The molecule has 0 bridgehead atoms. The highest BCUT2D eigenvalue weighted by atomic mass is 32.2. The van der Waals surface area contributed by atoms with Crippen LogP contribution in [0.5, 0.6) is 0 Å². The minimum absolute atomic E-state index is 0.0175. The number of para-hydroxylation sites is 1. The summed E-state index contributed by atoms with van der Waals surface area (Å²) in [6.07, 6.45) is 2.02. The Morgan fingerprint density at radius 1 is 1.08 bits per heavy atom. The average molecular weight is 351 g/mol. The second-order valence-corrected chi connectivity index (χ2v) is 6.93. The molecule has 0 saturated carbocycles. The van der Waals surface area contributed by atoms with E-state index in [1.165, 1.54) is 11.8 Å². The number of aromatic nitrogens is 2. The highest BCUT2D eigenvalue weighted by molar-refractivity contribution is 7.99. The van der Waals surface area contributed by atoms with Gasteiger partial charge in [-0.15, -0.1) is 0 Å². The van der Waals surface area contributed by atoms with Gasteiger partial charge < -0.3 is 5.32 Å². The predicted octanol–water partition coefficient (Wildman–Crippen LogP) is 4.16. The van der Waals surface area contributed by atoms with Crippen molar-refractivity contribution in [2.75, 3.05) is 5.75 Å². The van der Waals surface area contributed by atoms with E-state index in [1.54, 1.807) is 0 Å². The molecule has 0 aliphatic carbocycles. The average Bonchev–Trinajstić information content (AvgIpc) is 3.05. The van der Waals surface area contributed by atoms with E-state index in [0.717, 1.165) is 22.1 Å². The number of nitrogens with zero attached hydrogens (tertiary/aromatic N) is 2. The fourth-order valence-corrected chi connectivity index (χ4v) is 3.28. The van der Waals surface area contributed by atoms with Crippen LogP contribution in [0.2, 0.25) is 0 Å². The molecule has 25 heavy (non-hydrogen) atoms. The van der Waals surface area contributed by atoms with Crippen molar-refractivity contribution in [3.63, 3.8) is 0 Å². The standard InChI is InChI=1S/C20H21N3OS/c1-15(2)21-19(24)14-25-20-22-18(16-9-5-3-6-10-16)13-23(20)17-11-7-4-8-12-17/h3-13,15H,14H2,1-2H3,(H,21,24). The molecule has 1 heterocycles. The van der Waals surface area contributed by atoms with Gasteiger partial charge in [-0.05, 0) is 26.0 Å². The summed E-state index contributed by atoms with van der Waals surface area (Å²) >= 11 is 1.45. The molecule has 0 aliphatic heterocycles. The molecule has 2 aromatic carbocycles.